The Morgan fingerprint density at radius 1 is 1.08 bits per heavy atom. The second kappa shape index (κ2) is 8.83. The van der Waals surface area contributed by atoms with E-state index in [9.17, 15) is 14.3 Å². The minimum Gasteiger partial charge on any atom is -0.508 e. The van der Waals surface area contributed by atoms with Crippen molar-refractivity contribution < 1.29 is 14.3 Å². The minimum absolute atomic E-state index is 0.0975. The van der Waals surface area contributed by atoms with E-state index in [-0.39, 0.29) is 11.7 Å². The summed E-state index contributed by atoms with van der Waals surface area (Å²) in [5.41, 5.74) is 6.48. The molecule has 6 rings (SSSR count). The van der Waals surface area contributed by atoms with Gasteiger partial charge in [0.05, 0.1) is 28.8 Å². The van der Waals surface area contributed by atoms with E-state index in [1.54, 1.807) is 31.6 Å². The van der Waals surface area contributed by atoms with Crippen molar-refractivity contribution in [2.24, 2.45) is 0 Å². The van der Waals surface area contributed by atoms with Crippen LogP contribution in [-0.2, 0) is 4.79 Å². The summed E-state index contributed by atoms with van der Waals surface area (Å²) >= 11 is 0. The maximum atomic E-state index is 14.0. The maximum Gasteiger partial charge on any atom is 0.224 e. The Bertz CT molecular complexity index is 1790. The van der Waals surface area contributed by atoms with E-state index < -0.39 is 5.82 Å². The van der Waals surface area contributed by atoms with Gasteiger partial charge in [-0.1, -0.05) is 6.92 Å². The summed E-state index contributed by atoms with van der Waals surface area (Å²) < 4.78 is 14.0. The number of phenolic OH excluding ortho intramolecular Hbond substituents is 1. The number of amides is 1. The summed E-state index contributed by atoms with van der Waals surface area (Å²) in [5, 5.41) is 20.9. The number of benzene rings is 1. The number of hydrogen-bond acceptors (Lipinski definition) is 6. The smallest absolute Gasteiger partial charge is 0.224 e. The van der Waals surface area contributed by atoms with Crippen LogP contribution < -0.4 is 5.32 Å². The molecule has 0 spiro atoms. The molecule has 4 N–H and O–H groups in total. The predicted molar refractivity (Wildman–Crippen MR) is 138 cm³/mol. The largest absolute Gasteiger partial charge is 0.508 e. The molecule has 9 nitrogen and oxygen atoms in total. The van der Waals surface area contributed by atoms with Gasteiger partial charge in [-0.2, -0.15) is 5.10 Å². The number of halogens is 1. The van der Waals surface area contributed by atoms with Gasteiger partial charge in [-0.05, 0) is 53.6 Å². The Morgan fingerprint density at radius 2 is 1.97 bits per heavy atom. The van der Waals surface area contributed by atoms with Gasteiger partial charge in [0, 0.05) is 35.8 Å². The van der Waals surface area contributed by atoms with Crippen molar-refractivity contribution >= 4 is 33.7 Å². The number of hydrogen-bond donors (Lipinski definition) is 4. The van der Waals surface area contributed by atoms with Crippen LogP contribution >= 0.6 is 0 Å². The summed E-state index contributed by atoms with van der Waals surface area (Å²) in [7, 11) is 0. The van der Waals surface area contributed by atoms with E-state index in [1.165, 1.54) is 12.1 Å². The van der Waals surface area contributed by atoms with Gasteiger partial charge in [0.1, 0.15) is 28.4 Å². The number of phenols is 1. The van der Waals surface area contributed by atoms with E-state index in [1.807, 2.05) is 24.3 Å². The van der Waals surface area contributed by atoms with Gasteiger partial charge in [-0.3, -0.25) is 14.9 Å². The van der Waals surface area contributed by atoms with Gasteiger partial charge in [-0.15, -0.1) is 0 Å². The highest BCUT2D eigenvalue weighted by molar-refractivity contribution is 5.99. The third-order valence-corrected chi connectivity index (χ3v) is 6.03. The number of rotatable bonds is 5. The molecule has 37 heavy (non-hydrogen) atoms. The Labute approximate surface area is 209 Å². The van der Waals surface area contributed by atoms with Gasteiger partial charge in [0.15, 0.2) is 0 Å². The third-order valence-electron chi connectivity index (χ3n) is 6.03. The summed E-state index contributed by atoms with van der Waals surface area (Å²) in [6.45, 7) is 1.78. The molecule has 6 aromatic rings. The van der Waals surface area contributed by atoms with Crippen LogP contribution in [0.15, 0.2) is 67.1 Å². The zero-order valence-corrected chi connectivity index (χ0v) is 19.6. The molecule has 0 aliphatic heterocycles. The van der Waals surface area contributed by atoms with E-state index >= 15 is 0 Å². The first kappa shape index (κ1) is 22.4. The first-order valence-corrected chi connectivity index (χ1v) is 11.6. The van der Waals surface area contributed by atoms with Crippen LogP contribution in [0, 0.1) is 5.82 Å². The van der Waals surface area contributed by atoms with Crippen molar-refractivity contribution in [2.45, 2.75) is 13.3 Å². The monoisotopic (exact) mass is 493 g/mol. The summed E-state index contributed by atoms with van der Waals surface area (Å²) in [4.78, 5) is 28.5. The molecule has 10 heteroatoms. The third kappa shape index (κ3) is 4.14. The summed E-state index contributed by atoms with van der Waals surface area (Å²) in [6, 6.07) is 13.1. The van der Waals surface area contributed by atoms with Crippen LogP contribution in [0.2, 0.25) is 0 Å². The number of pyridine rings is 3. The summed E-state index contributed by atoms with van der Waals surface area (Å²) in [6.07, 6.45) is 5.26. The lowest BCUT2D eigenvalue weighted by Gasteiger charge is -2.06. The van der Waals surface area contributed by atoms with Gasteiger partial charge in [-0.25, -0.2) is 14.4 Å². The molecule has 0 saturated carbocycles. The molecule has 0 radical (unpaired) electrons. The molecule has 0 bridgehead atoms. The lowest BCUT2D eigenvalue weighted by atomic mass is 10.0. The van der Waals surface area contributed by atoms with Crippen molar-refractivity contribution in [2.75, 3.05) is 5.32 Å². The average Bonchev–Trinajstić information content (AvgIpc) is 3.51. The highest BCUT2D eigenvalue weighted by Crippen LogP contribution is 2.34. The molecule has 5 heterocycles. The topological polar surface area (TPSA) is 132 Å². The second-order valence-corrected chi connectivity index (χ2v) is 8.53. The fraction of sp³-hybridized carbons (Fsp3) is 0.0741. The number of nitrogens with zero attached hydrogens (tertiary/aromatic N) is 4. The molecule has 0 aliphatic carbocycles. The molecule has 0 unspecified atom stereocenters. The molecule has 0 atom stereocenters. The lowest BCUT2D eigenvalue weighted by Crippen LogP contribution is -2.09. The Hall–Kier alpha value is -5.12. The molecule has 0 saturated heterocycles. The maximum absolute atomic E-state index is 14.0. The highest BCUT2D eigenvalue weighted by Gasteiger charge is 2.17. The van der Waals surface area contributed by atoms with E-state index in [2.05, 4.69) is 30.5 Å². The SMILES string of the molecule is CCC(=O)Nc1cncc(-c2ccc3[nH]nc(-c4cc5c(-c6cc(O)cc(F)c6)ccnc5[nH]4)c3n2)c1. The van der Waals surface area contributed by atoms with Gasteiger partial charge < -0.3 is 15.4 Å². The number of aromatic hydroxyl groups is 1. The second-order valence-electron chi connectivity index (χ2n) is 8.53. The molecule has 0 aliphatic rings. The average molecular weight is 494 g/mol. The number of aromatic amines is 2. The number of anilines is 1. The number of H-pyrrole nitrogens is 2. The Morgan fingerprint density at radius 3 is 2.81 bits per heavy atom. The van der Waals surface area contributed by atoms with Gasteiger partial charge in [0.2, 0.25) is 5.91 Å². The molecule has 182 valence electrons. The molecule has 5 aromatic heterocycles. The first-order chi connectivity index (χ1) is 18.0. The van der Waals surface area contributed by atoms with Gasteiger partial charge in [0.25, 0.3) is 0 Å². The molecule has 0 fully saturated rings. The zero-order chi connectivity index (χ0) is 25.5. The highest BCUT2D eigenvalue weighted by atomic mass is 19.1. The predicted octanol–water partition coefficient (Wildman–Crippen LogP) is 5.42. The van der Waals surface area contributed by atoms with Crippen molar-refractivity contribution in [3.63, 3.8) is 0 Å². The van der Waals surface area contributed by atoms with Crippen LogP contribution in [0.1, 0.15) is 13.3 Å². The number of carbonyl (C=O) groups excluding carboxylic acids is 1. The van der Waals surface area contributed by atoms with Gasteiger partial charge >= 0.3 is 0 Å². The fourth-order valence-corrected chi connectivity index (χ4v) is 4.28. The van der Waals surface area contributed by atoms with Crippen LogP contribution in [0.3, 0.4) is 0 Å². The molecule has 1 amide bonds. The van der Waals surface area contributed by atoms with Crippen molar-refractivity contribution in [1.82, 2.24) is 30.1 Å². The standard InChI is InChI=1S/C27H20FN7O2/c1-2-24(37)31-17-8-15(12-29-13-17)21-3-4-22-25(32-21)26(35-34-22)23-11-20-19(5-6-30-27(20)33-23)14-7-16(28)10-18(36)9-14/h3-13,36H,2H2,1H3,(H,30,33)(H,31,37)(H,34,35). The number of carbonyl (C=O) groups is 1. The van der Waals surface area contributed by atoms with Crippen LogP contribution in [0.25, 0.3) is 55.8 Å². The quantitative estimate of drug-likeness (QED) is 0.253. The Kier molecular flexibility index (Phi) is 5.33. The lowest BCUT2D eigenvalue weighted by molar-refractivity contribution is -0.115. The first-order valence-electron chi connectivity index (χ1n) is 11.6. The number of aromatic nitrogens is 6. The zero-order valence-electron chi connectivity index (χ0n) is 19.6. The van der Waals surface area contributed by atoms with Crippen LogP contribution in [-0.4, -0.2) is 41.1 Å². The normalized spacial score (nSPS) is 11.3. The summed E-state index contributed by atoms with van der Waals surface area (Å²) in [5.74, 6) is -0.781. The van der Waals surface area contributed by atoms with E-state index in [0.29, 0.717) is 51.5 Å². The molecular weight excluding hydrogens is 473 g/mol. The van der Waals surface area contributed by atoms with Crippen molar-refractivity contribution in [1.29, 1.82) is 0 Å². The van der Waals surface area contributed by atoms with E-state index in [0.717, 1.165) is 22.5 Å². The van der Waals surface area contributed by atoms with Crippen LogP contribution in [0.4, 0.5) is 10.1 Å². The van der Waals surface area contributed by atoms with Crippen LogP contribution in [0.5, 0.6) is 5.75 Å². The van der Waals surface area contributed by atoms with Crippen molar-refractivity contribution in [3.8, 4) is 39.5 Å². The minimum atomic E-state index is -0.529. The van der Waals surface area contributed by atoms with E-state index in [4.69, 9.17) is 4.98 Å². The van der Waals surface area contributed by atoms with Crippen molar-refractivity contribution in [3.05, 3.63) is 72.9 Å². The Balaban J connectivity index is 1.43. The molecular formula is C27H20FN7O2. The number of fused-ring (bicyclic) bond motifs is 2. The fourth-order valence-electron chi connectivity index (χ4n) is 4.28. The molecule has 1 aromatic carbocycles. The number of nitrogens with one attached hydrogen (secondary N) is 3.